The lowest BCUT2D eigenvalue weighted by Gasteiger charge is -2.14. The van der Waals surface area contributed by atoms with Gasteiger partial charge in [-0.25, -0.2) is 13.2 Å². The van der Waals surface area contributed by atoms with Crippen molar-refractivity contribution in [1.82, 2.24) is 5.32 Å². The Hall–Kier alpha value is -2.33. The smallest absolute Gasteiger partial charge is 0.341 e. The number of amides is 1. The molecule has 0 radical (unpaired) electrons. The van der Waals surface area contributed by atoms with E-state index in [9.17, 15) is 26.8 Å². The number of hydrogen-bond donors (Lipinski definition) is 2. The summed E-state index contributed by atoms with van der Waals surface area (Å²) in [6.45, 7) is 3.19. The third kappa shape index (κ3) is 5.10. The standard InChI is InChI=1S/C14H15F2NO6S/c1-2-7-23-8-11(13(19)20)17-12(18)9-3-5-10(6-4-9)24(21,22)14(15)16/h2-6,11,14H,1,7-8H2,(H,17,18)(H,19,20). The summed E-state index contributed by atoms with van der Waals surface area (Å²) in [7, 11) is -4.76. The molecule has 1 amide bonds. The summed E-state index contributed by atoms with van der Waals surface area (Å²) >= 11 is 0. The summed E-state index contributed by atoms with van der Waals surface area (Å²) in [5.74, 6) is -5.72. The number of alkyl halides is 2. The van der Waals surface area contributed by atoms with E-state index < -0.39 is 38.4 Å². The number of hydrogen-bond acceptors (Lipinski definition) is 5. The van der Waals surface area contributed by atoms with Crippen LogP contribution in [0.4, 0.5) is 8.78 Å². The molecule has 0 aliphatic heterocycles. The van der Waals surface area contributed by atoms with E-state index in [0.717, 1.165) is 24.3 Å². The molecule has 0 bridgehead atoms. The molecule has 7 nitrogen and oxygen atoms in total. The maximum absolute atomic E-state index is 12.4. The first-order valence-corrected chi connectivity index (χ1v) is 8.09. The predicted molar refractivity (Wildman–Crippen MR) is 79.5 cm³/mol. The van der Waals surface area contributed by atoms with Crippen LogP contribution in [0.5, 0.6) is 0 Å². The van der Waals surface area contributed by atoms with Crippen molar-refractivity contribution in [2.24, 2.45) is 0 Å². The van der Waals surface area contributed by atoms with E-state index in [2.05, 4.69) is 11.9 Å². The van der Waals surface area contributed by atoms with Crippen molar-refractivity contribution in [3.8, 4) is 0 Å². The third-order valence-electron chi connectivity index (χ3n) is 2.80. The number of benzene rings is 1. The molecule has 0 saturated carbocycles. The number of ether oxygens (including phenoxy) is 1. The van der Waals surface area contributed by atoms with Gasteiger partial charge in [0.2, 0.25) is 9.84 Å². The number of carbonyl (C=O) groups is 2. The molecule has 1 atom stereocenters. The first-order valence-electron chi connectivity index (χ1n) is 6.54. The van der Waals surface area contributed by atoms with Gasteiger partial charge in [0.15, 0.2) is 6.04 Å². The zero-order valence-electron chi connectivity index (χ0n) is 12.3. The van der Waals surface area contributed by atoms with E-state index in [1.165, 1.54) is 6.08 Å². The van der Waals surface area contributed by atoms with Gasteiger partial charge in [-0.15, -0.1) is 6.58 Å². The Morgan fingerprint density at radius 1 is 1.29 bits per heavy atom. The highest BCUT2D eigenvalue weighted by atomic mass is 32.2. The van der Waals surface area contributed by atoms with Gasteiger partial charge in [0.25, 0.3) is 5.91 Å². The summed E-state index contributed by atoms with van der Waals surface area (Å²) in [6.07, 6.45) is 1.41. The molecule has 0 aliphatic carbocycles. The van der Waals surface area contributed by atoms with Gasteiger partial charge in [0.1, 0.15) is 0 Å². The molecule has 10 heteroatoms. The van der Waals surface area contributed by atoms with E-state index in [1.807, 2.05) is 0 Å². The SMILES string of the molecule is C=CCOCC(NC(=O)c1ccc(S(=O)(=O)C(F)F)cc1)C(=O)O. The number of halogens is 2. The molecule has 0 fully saturated rings. The zero-order chi connectivity index (χ0) is 18.3. The minimum Gasteiger partial charge on any atom is -0.480 e. The fourth-order valence-electron chi connectivity index (χ4n) is 1.58. The Labute approximate surface area is 136 Å². The molecule has 2 N–H and O–H groups in total. The molecule has 24 heavy (non-hydrogen) atoms. The molecule has 1 aromatic carbocycles. The van der Waals surface area contributed by atoms with Gasteiger partial charge in [0, 0.05) is 5.56 Å². The molecule has 0 saturated heterocycles. The fourth-order valence-corrected chi connectivity index (χ4v) is 2.31. The number of nitrogens with one attached hydrogen (secondary N) is 1. The molecule has 1 aromatic rings. The van der Waals surface area contributed by atoms with Crippen LogP contribution in [0.2, 0.25) is 0 Å². The first kappa shape index (κ1) is 19.7. The van der Waals surface area contributed by atoms with Crippen LogP contribution < -0.4 is 5.32 Å². The Balaban J connectivity index is 2.84. The van der Waals surface area contributed by atoms with Gasteiger partial charge in [0.05, 0.1) is 18.1 Å². The van der Waals surface area contributed by atoms with Crippen LogP contribution in [0.1, 0.15) is 10.4 Å². The van der Waals surface area contributed by atoms with Crippen molar-refractivity contribution < 1.29 is 36.6 Å². The minimum atomic E-state index is -4.76. The largest absolute Gasteiger partial charge is 0.480 e. The highest BCUT2D eigenvalue weighted by Crippen LogP contribution is 2.18. The van der Waals surface area contributed by atoms with Crippen molar-refractivity contribution in [2.75, 3.05) is 13.2 Å². The molecule has 1 rings (SSSR count). The second-order valence-corrected chi connectivity index (χ2v) is 6.44. The average molecular weight is 363 g/mol. The van der Waals surface area contributed by atoms with E-state index in [1.54, 1.807) is 0 Å². The Morgan fingerprint density at radius 3 is 2.33 bits per heavy atom. The summed E-state index contributed by atoms with van der Waals surface area (Å²) < 4.78 is 52.3. The number of carbonyl (C=O) groups excluding carboxylic acids is 1. The molecule has 0 heterocycles. The molecule has 1 unspecified atom stereocenters. The average Bonchev–Trinajstić information content (AvgIpc) is 2.53. The van der Waals surface area contributed by atoms with Gasteiger partial charge in [-0.1, -0.05) is 6.08 Å². The highest BCUT2D eigenvalue weighted by molar-refractivity contribution is 7.91. The summed E-state index contributed by atoms with van der Waals surface area (Å²) in [6, 6.07) is 2.38. The quantitative estimate of drug-likeness (QED) is 0.502. The summed E-state index contributed by atoms with van der Waals surface area (Å²) in [5, 5.41) is 11.2. The van der Waals surface area contributed by atoms with Crippen molar-refractivity contribution in [2.45, 2.75) is 16.7 Å². The van der Waals surface area contributed by atoms with Gasteiger partial charge in [-0.2, -0.15) is 8.78 Å². The van der Waals surface area contributed by atoms with E-state index in [-0.39, 0.29) is 18.8 Å². The Morgan fingerprint density at radius 2 is 1.88 bits per heavy atom. The molecule has 0 aromatic heterocycles. The lowest BCUT2D eigenvalue weighted by Crippen LogP contribution is -2.44. The second-order valence-electron chi connectivity index (χ2n) is 4.52. The zero-order valence-corrected chi connectivity index (χ0v) is 13.1. The van der Waals surface area contributed by atoms with Gasteiger partial charge in [-0.3, -0.25) is 4.79 Å². The van der Waals surface area contributed by atoms with Crippen LogP contribution in [0.25, 0.3) is 0 Å². The van der Waals surface area contributed by atoms with Crippen molar-refractivity contribution in [1.29, 1.82) is 0 Å². The summed E-state index contributed by atoms with van der Waals surface area (Å²) in [4.78, 5) is 22.3. The van der Waals surface area contributed by atoms with Crippen molar-refractivity contribution in [3.05, 3.63) is 42.5 Å². The van der Waals surface area contributed by atoms with Gasteiger partial charge >= 0.3 is 11.7 Å². The monoisotopic (exact) mass is 363 g/mol. The number of rotatable bonds is 9. The number of carboxylic acid groups (broad SMARTS) is 1. The number of sulfone groups is 1. The third-order valence-corrected chi connectivity index (χ3v) is 4.20. The van der Waals surface area contributed by atoms with Crippen LogP contribution in [0.3, 0.4) is 0 Å². The van der Waals surface area contributed by atoms with Gasteiger partial charge in [-0.05, 0) is 24.3 Å². The normalized spacial score (nSPS) is 12.6. The van der Waals surface area contributed by atoms with Crippen molar-refractivity contribution in [3.63, 3.8) is 0 Å². The van der Waals surface area contributed by atoms with Crippen molar-refractivity contribution >= 4 is 21.7 Å². The first-order chi connectivity index (χ1) is 11.2. The van der Waals surface area contributed by atoms with Crippen LogP contribution in [-0.4, -0.2) is 50.4 Å². The predicted octanol–water partition coefficient (Wildman–Crippen LogP) is 1.07. The fraction of sp³-hybridized carbons (Fsp3) is 0.286. The molecule has 0 spiro atoms. The van der Waals surface area contributed by atoms with E-state index in [4.69, 9.17) is 9.84 Å². The van der Waals surface area contributed by atoms with Gasteiger partial charge < -0.3 is 15.2 Å². The second kappa shape index (κ2) is 8.50. The number of aliphatic carboxylic acids is 1. The van der Waals surface area contributed by atoms with Crippen LogP contribution in [0.15, 0.2) is 41.8 Å². The maximum Gasteiger partial charge on any atom is 0.341 e. The molecule has 132 valence electrons. The van der Waals surface area contributed by atoms with Crippen LogP contribution in [-0.2, 0) is 19.4 Å². The minimum absolute atomic E-state index is 0.0850. The van der Waals surface area contributed by atoms with Crippen LogP contribution >= 0.6 is 0 Å². The Kier molecular flexibility index (Phi) is 6.98. The molecule has 0 aliphatic rings. The Bertz CT molecular complexity index is 702. The number of carboxylic acids is 1. The molecular weight excluding hydrogens is 348 g/mol. The lowest BCUT2D eigenvalue weighted by atomic mass is 10.2. The van der Waals surface area contributed by atoms with E-state index in [0.29, 0.717) is 0 Å². The highest BCUT2D eigenvalue weighted by Gasteiger charge is 2.27. The summed E-state index contributed by atoms with van der Waals surface area (Å²) in [5.41, 5.74) is -0.0850. The maximum atomic E-state index is 12.4. The van der Waals surface area contributed by atoms with Crippen LogP contribution in [0, 0.1) is 0 Å². The topological polar surface area (TPSA) is 110 Å². The van der Waals surface area contributed by atoms with E-state index >= 15 is 0 Å². The molecular formula is C14H15F2NO6S. The lowest BCUT2D eigenvalue weighted by molar-refractivity contribution is -0.140.